The van der Waals surface area contributed by atoms with Gasteiger partial charge in [-0.05, 0) is 19.4 Å². The van der Waals surface area contributed by atoms with Crippen LogP contribution in [0.3, 0.4) is 0 Å². The molecule has 7 nitrogen and oxygen atoms in total. The molecule has 3 heterocycles. The fraction of sp³-hybridized carbons (Fsp3) is 0.706. The summed E-state index contributed by atoms with van der Waals surface area (Å²) < 4.78 is 7.18. The van der Waals surface area contributed by atoms with E-state index in [1.165, 1.54) is 0 Å². The molecule has 0 N–H and O–H groups in total. The van der Waals surface area contributed by atoms with Crippen LogP contribution in [0.2, 0.25) is 0 Å². The van der Waals surface area contributed by atoms with Gasteiger partial charge >= 0.3 is 0 Å². The van der Waals surface area contributed by atoms with E-state index in [9.17, 15) is 9.59 Å². The van der Waals surface area contributed by atoms with Crippen LogP contribution in [0.15, 0.2) is 6.07 Å². The van der Waals surface area contributed by atoms with Crippen molar-refractivity contribution < 1.29 is 14.3 Å². The number of methoxy groups -OCH3 is 1. The molecule has 2 atom stereocenters. The largest absolute Gasteiger partial charge is 0.384 e. The Hall–Kier alpha value is -1.89. The summed E-state index contributed by atoms with van der Waals surface area (Å²) in [6.45, 7) is 6.94. The number of carbonyl (C=O) groups excluding carboxylic acids is 2. The minimum Gasteiger partial charge on any atom is -0.384 e. The van der Waals surface area contributed by atoms with Crippen molar-refractivity contribution in [2.24, 2.45) is 18.4 Å². The predicted molar refractivity (Wildman–Crippen MR) is 88.5 cm³/mol. The lowest BCUT2D eigenvalue weighted by Crippen LogP contribution is -2.51. The molecule has 24 heavy (non-hydrogen) atoms. The van der Waals surface area contributed by atoms with Gasteiger partial charge < -0.3 is 14.5 Å². The first-order valence-corrected chi connectivity index (χ1v) is 8.40. The van der Waals surface area contributed by atoms with Crippen LogP contribution in [-0.4, -0.2) is 71.3 Å². The maximum atomic E-state index is 12.8. The van der Waals surface area contributed by atoms with Gasteiger partial charge in [-0.3, -0.25) is 14.3 Å². The van der Waals surface area contributed by atoms with Crippen LogP contribution in [0, 0.1) is 18.3 Å². The molecule has 2 aliphatic rings. The van der Waals surface area contributed by atoms with Crippen molar-refractivity contribution in [3.05, 3.63) is 17.5 Å². The number of fused-ring (bicyclic) bond motifs is 1. The number of rotatable bonds is 3. The summed E-state index contributed by atoms with van der Waals surface area (Å²) >= 11 is 0. The van der Waals surface area contributed by atoms with Gasteiger partial charge in [-0.15, -0.1) is 0 Å². The highest BCUT2D eigenvalue weighted by molar-refractivity contribution is 5.92. The minimum atomic E-state index is -0.0305. The van der Waals surface area contributed by atoms with Gasteiger partial charge in [0.1, 0.15) is 0 Å². The van der Waals surface area contributed by atoms with Gasteiger partial charge in [0.25, 0.3) is 5.91 Å². The third kappa shape index (κ3) is 2.81. The molecular formula is C17H26N4O3. The number of carbonyl (C=O) groups is 2. The molecule has 2 amide bonds. The van der Waals surface area contributed by atoms with E-state index in [4.69, 9.17) is 4.74 Å². The van der Waals surface area contributed by atoms with Crippen molar-refractivity contribution in [3.63, 3.8) is 0 Å². The van der Waals surface area contributed by atoms with Gasteiger partial charge in [-0.25, -0.2) is 0 Å². The van der Waals surface area contributed by atoms with Crippen molar-refractivity contribution >= 4 is 11.8 Å². The van der Waals surface area contributed by atoms with Crippen LogP contribution in [0.4, 0.5) is 0 Å². The number of ether oxygens (including phenoxy) is 1. The second-order valence-electron chi connectivity index (χ2n) is 7.19. The Kier molecular flexibility index (Phi) is 4.38. The summed E-state index contributed by atoms with van der Waals surface area (Å²) in [6.07, 6.45) is 0.854. The average Bonchev–Trinajstić information content (AvgIpc) is 3.07. The molecule has 0 aliphatic carbocycles. The van der Waals surface area contributed by atoms with Crippen LogP contribution < -0.4 is 0 Å². The number of likely N-dealkylation sites (tertiary alicyclic amines) is 2. The zero-order chi connectivity index (χ0) is 17.5. The van der Waals surface area contributed by atoms with Gasteiger partial charge in [-0.2, -0.15) is 5.10 Å². The highest BCUT2D eigenvalue weighted by Gasteiger charge is 2.51. The molecule has 0 unspecified atom stereocenters. The van der Waals surface area contributed by atoms with Gasteiger partial charge in [0.05, 0.1) is 6.61 Å². The first-order chi connectivity index (χ1) is 11.4. The van der Waals surface area contributed by atoms with Crippen LogP contribution in [0.1, 0.15) is 29.5 Å². The van der Waals surface area contributed by atoms with Crippen LogP contribution in [-0.2, 0) is 16.6 Å². The summed E-state index contributed by atoms with van der Waals surface area (Å²) in [7, 11) is 3.55. The van der Waals surface area contributed by atoms with E-state index in [0.29, 0.717) is 31.9 Å². The molecule has 3 rings (SSSR count). The van der Waals surface area contributed by atoms with E-state index in [2.05, 4.69) is 5.10 Å². The Labute approximate surface area is 142 Å². The maximum Gasteiger partial charge on any atom is 0.274 e. The number of hydrogen-bond acceptors (Lipinski definition) is 4. The van der Waals surface area contributed by atoms with Crippen molar-refractivity contribution in [2.45, 2.75) is 20.3 Å². The van der Waals surface area contributed by atoms with Gasteiger partial charge in [0, 0.05) is 64.3 Å². The number of nitrogens with zero attached hydrogens (tertiary/aromatic N) is 4. The van der Waals surface area contributed by atoms with E-state index in [0.717, 1.165) is 18.7 Å². The van der Waals surface area contributed by atoms with Gasteiger partial charge in [0.2, 0.25) is 5.91 Å². The third-order valence-corrected chi connectivity index (χ3v) is 5.63. The number of hydrogen-bond donors (Lipinski definition) is 0. The monoisotopic (exact) mass is 334 g/mol. The molecule has 132 valence electrons. The minimum absolute atomic E-state index is 0.0222. The van der Waals surface area contributed by atoms with Crippen LogP contribution in [0.5, 0.6) is 0 Å². The number of piperidine rings is 1. The molecule has 1 aromatic heterocycles. The normalized spacial score (nSPS) is 26.6. The Balaban J connectivity index is 1.77. The van der Waals surface area contributed by atoms with Gasteiger partial charge in [-0.1, -0.05) is 0 Å². The Morgan fingerprint density at radius 2 is 2.08 bits per heavy atom. The van der Waals surface area contributed by atoms with E-state index in [1.807, 2.05) is 29.8 Å². The zero-order valence-corrected chi connectivity index (χ0v) is 14.9. The van der Waals surface area contributed by atoms with Crippen molar-refractivity contribution in [1.29, 1.82) is 0 Å². The fourth-order valence-electron chi connectivity index (χ4n) is 4.06. The first-order valence-electron chi connectivity index (χ1n) is 8.40. The highest BCUT2D eigenvalue weighted by atomic mass is 16.5. The number of aryl methyl sites for hydroxylation is 2. The summed E-state index contributed by atoms with van der Waals surface area (Å²) in [5.41, 5.74) is 1.43. The number of aromatic nitrogens is 2. The SMILES string of the molecule is COC[C@@]12CCN(C(=O)c3cc(C)n(C)n3)C[C@@H]1CN(C(C)=O)C2. The molecule has 0 saturated carbocycles. The van der Waals surface area contributed by atoms with Crippen LogP contribution >= 0.6 is 0 Å². The Morgan fingerprint density at radius 1 is 1.38 bits per heavy atom. The molecule has 0 aromatic carbocycles. The maximum absolute atomic E-state index is 12.8. The molecule has 0 spiro atoms. The summed E-state index contributed by atoms with van der Waals surface area (Å²) in [4.78, 5) is 28.3. The predicted octanol–water partition coefficient (Wildman–Crippen LogP) is 0.686. The van der Waals surface area contributed by atoms with E-state index < -0.39 is 0 Å². The second kappa shape index (κ2) is 6.20. The van der Waals surface area contributed by atoms with Crippen molar-refractivity contribution in [3.8, 4) is 0 Å². The lowest BCUT2D eigenvalue weighted by molar-refractivity contribution is -0.128. The number of amides is 2. The summed E-state index contributed by atoms with van der Waals surface area (Å²) in [5.74, 6) is 0.327. The zero-order valence-electron chi connectivity index (χ0n) is 14.9. The smallest absolute Gasteiger partial charge is 0.274 e. The lowest BCUT2D eigenvalue weighted by Gasteiger charge is -2.42. The van der Waals surface area contributed by atoms with Crippen molar-refractivity contribution in [1.82, 2.24) is 19.6 Å². The van der Waals surface area contributed by atoms with E-state index >= 15 is 0 Å². The summed E-state index contributed by atoms with van der Waals surface area (Å²) in [6, 6.07) is 1.83. The molecule has 7 heteroatoms. The van der Waals surface area contributed by atoms with E-state index in [1.54, 1.807) is 18.7 Å². The third-order valence-electron chi connectivity index (χ3n) is 5.63. The molecule has 2 aliphatic heterocycles. The standard InChI is InChI=1S/C17H26N4O3/c1-12-7-15(18-19(12)3)16(23)20-6-5-17(11-24-4)10-21(13(2)22)9-14(17)8-20/h7,14H,5-6,8-11H2,1-4H3/t14-,17+/m1/s1. The molecule has 0 radical (unpaired) electrons. The topological polar surface area (TPSA) is 67.7 Å². The first kappa shape index (κ1) is 17.0. The molecule has 2 saturated heterocycles. The highest BCUT2D eigenvalue weighted by Crippen LogP contribution is 2.43. The Bertz CT molecular complexity index is 637. The molecule has 1 aromatic rings. The quantitative estimate of drug-likeness (QED) is 0.815. The second-order valence-corrected chi connectivity index (χ2v) is 7.19. The molecule has 0 bridgehead atoms. The average molecular weight is 334 g/mol. The van der Waals surface area contributed by atoms with Crippen molar-refractivity contribution in [2.75, 3.05) is 39.9 Å². The molecule has 2 fully saturated rings. The lowest BCUT2D eigenvalue weighted by atomic mass is 9.73. The van der Waals surface area contributed by atoms with Gasteiger partial charge in [0.15, 0.2) is 5.69 Å². The Morgan fingerprint density at radius 3 is 2.67 bits per heavy atom. The fourth-order valence-corrected chi connectivity index (χ4v) is 4.06. The van der Waals surface area contributed by atoms with E-state index in [-0.39, 0.29) is 23.1 Å². The summed E-state index contributed by atoms with van der Waals surface area (Å²) in [5, 5.41) is 4.30. The van der Waals surface area contributed by atoms with Crippen LogP contribution in [0.25, 0.3) is 0 Å². The molecular weight excluding hydrogens is 308 g/mol.